The van der Waals surface area contributed by atoms with Crippen molar-refractivity contribution in [3.8, 4) is 11.5 Å². The van der Waals surface area contributed by atoms with Gasteiger partial charge < -0.3 is 20.4 Å². The number of phenols is 2. The highest BCUT2D eigenvalue weighted by Gasteiger charge is 2.38. The summed E-state index contributed by atoms with van der Waals surface area (Å²) >= 11 is 0. The first-order chi connectivity index (χ1) is 10.1. The molecule has 0 radical (unpaired) electrons. The lowest BCUT2D eigenvalue weighted by molar-refractivity contribution is 0.0625. The Morgan fingerprint density at radius 3 is 2.33 bits per heavy atom. The van der Waals surface area contributed by atoms with Crippen LogP contribution < -0.4 is 5.32 Å². The van der Waals surface area contributed by atoms with Gasteiger partial charge in [0.25, 0.3) is 5.91 Å². The SMILES string of the molecule is CCN(C(=O)c1c(O)cccc1O)C1CC2CCC(C1)N2. The van der Waals surface area contributed by atoms with Crippen LogP contribution in [0.5, 0.6) is 11.5 Å². The molecule has 2 aliphatic rings. The minimum atomic E-state index is -0.278. The van der Waals surface area contributed by atoms with Gasteiger partial charge in [0.2, 0.25) is 0 Å². The number of phenolic OH excluding ortho intramolecular Hbond substituents is 2. The maximum atomic E-state index is 12.7. The van der Waals surface area contributed by atoms with E-state index in [-0.39, 0.29) is 29.0 Å². The van der Waals surface area contributed by atoms with Crippen molar-refractivity contribution in [2.75, 3.05) is 6.54 Å². The molecule has 0 spiro atoms. The fourth-order valence-electron chi connectivity index (χ4n) is 3.74. The molecule has 21 heavy (non-hydrogen) atoms. The standard InChI is InChI=1S/C16H22N2O3/c1-2-18(12-8-10-6-7-11(9-12)17-10)16(21)15-13(19)4-3-5-14(15)20/h3-5,10-12,17,19-20H,2,6-9H2,1H3. The van der Waals surface area contributed by atoms with E-state index >= 15 is 0 Å². The van der Waals surface area contributed by atoms with Crippen LogP contribution in [0.2, 0.25) is 0 Å². The summed E-state index contributed by atoms with van der Waals surface area (Å²) in [4.78, 5) is 14.5. The van der Waals surface area contributed by atoms with Crippen molar-refractivity contribution < 1.29 is 15.0 Å². The summed E-state index contributed by atoms with van der Waals surface area (Å²) in [6.07, 6.45) is 4.25. The number of hydrogen-bond donors (Lipinski definition) is 3. The molecule has 0 saturated carbocycles. The fraction of sp³-hybridized carbons (Fsp3) is 0.562. The lowest BCUT2D eigenvalue weighted by atomic mass is 9.97. The van der Waals surface area contributed by atoms with Crippen LogP contribution in [0.25, 0.3) is 0 Å². The Morgan fingerprint density at radius 2 is 1.81 bits per heavy atom. The molecule has 2 bridgehead atoms. The second kappa shape index (κ2) is 5.56. The first-order valence-electron chi connectivity index (χ1n) is 7.68. The summed E-state index contributed by atoms with van der Waals surface area (Å²) < 4.78 is 0. The van der Waals surface area contributed by atoms with Crippen LogP contribution in [-0.4, -0.2) is 45.7 Å². The molecule has 1 amide bonds. The van der Waals surface area contributed by atoms with Gasteiger partial charge in [-0.05, 0) is 44.7 Å². The third-order valence-corrected chi connectivity index (χ3v) is 4.72. The topological polar surface area (TPSA) is 72.8 Å². The number of fused-ring (bicyclic) bond motifs is 2. The number of amides is 1. The highest BCUT2D eigenvalue weighted by Crippen LogP contribution is 2.33. The normalized spacial score (nSPS) is 27.6. The number of nitrogens with one attached hydrogen (secondary N) is 1. The minimum absolute atomic E-state index is 0.0187. The van der Waals surface area contributed by atoms with Gasteiger partial charge in [0, 0.05) is 24.7 Å². The second-order valence-corrected chi connectivity index (χ2v) is 6.03. The third kappa shape index (κ3) is 2.58. The number of carbonyl (C=O) groups excluding carboxylic acids is 1. The van der Waals surface area contributed by atoms with Gasteiger partial charge in [0.1, 0.15) is 17.1 Å². The minimum Gasteiger partial charge on any atom is -0.507 e. The molecule has 3 N–H and O–H groups in total. The molecule has 114 valence electrons. The maximum Gasteiger partial charge on any atom is 0.261 e. The Kier molecular flexibility index (Phi) is 3.76. The number of rotatable bonds is 3. The molecular formula is C16H22N2O3. The smallest absolute Gasteiger partial charge is 0.261 e. The summed E-state index contributed by atoms with van der Waals surface area (Å²) in [6, 6.07) is 5.57. The van der Waals surface area contributed by atoms with Crippen molar-refractivity contribution in [3.05, 3.63) is 23.8 Å². The van der Waals surface area contributed by atoms with Gasteiger partial charge >= 0.3 is 0 Å². The second-order valence-electron chi connectivity index (χ2n) is 6.03. The average molecular weight is 290 g/mol. The van der Waals surface area contributed by atoms with E-state index in [9.17, 15) is 15.0 Å². The van der Waals surface area contributed by atoms with Crippen LogP contribution >= 0.6 is 0 Å². The third-order valence-electron chi connectivity index (χ3n) is 4.72. The molecule has 3 rings (SSSR count). The summed E-state index contributed by atoms with van der Waals surface area (Å²) in [5.41, 5.74) is 0.0187. The Morgan fingerprint density at radius 1 is 1.24 bits per heavy atom. The molecule has 0 aromatic heterocycles. The van der Waals surface area contributed by atoms with E-state index in [0.717, 1.165) is 12.8 Å². The van der Waals surface area contributed by atoms with E-state index in [1.807, 2.05) is 6.92 Å². The van der Waals surface area contributed by atoms with Crippen LogP contribution in [0.3, 0.4) is 0 Å². The molecule has 2 aliphatic heterocycles. The summed E-state index contributed by atoms with van der Waals surface area (Å²) in [5, 5.41) is 23.4. The van der Waals surface area contributed by atoms with Gasteiger partial charge in [-0.15, -0.1) is 0 Å². The van der Waals surface area contributed by atoms with Crippen LogP contribution in [0.15, 0.2) is 18.2 Å². The lowest BCUT2D eigenvalue weighted by Crippen LogP contribution is -2.50. The Bertz CT molecular complexity index is 514. The van der Waals surface area contributed by atoms with Gasteiger partial charge in [-0.3, -0.25) is 4.79 Å². The van der Waals surface area contributed by atoms with E-state index < -0.39 is 0 Å². The quantitative estimate of drug-likeness (QED) is 0.794. The van der Waals surface area contributed by atoms with Gasteiger partial charge in [-0.1, -0.05) is 6.07 Å². The highest BCUT2D eigenvalue weighted by atomic mass is 16.3. The molecule has 2 unspecified atom stereocenters. The van der Waals surface area contributed by atoms with E-state index in [4.69, 9.17) is 0 Å². The van der Waals surface area contributed by atoms with E-state index in [2.05, 4.69) is 5.32 Å². The first-order valence-corrected chi connectivity index (χ1v) is 7.68. The first kappa shape index (κ1) is 14.2. The van der Waals surface area contributed by atoms with E-state index in [1.54, 1.807) is 4.90 Å². The molecule has 1 aromatic rings. The molecule has 2 heterocycles. The number of hydrogen-bond acceptors (Lipinski definition) is 4. The fourth-order valence-corrected chi connectivity index (χ4v) is 3.74. The Balaban J connectivity index is 1.84. The highest BCUT2D eigenvalue weighted by molar-refractivity contribution is 5.99. The van der Waals surface area contributed by atoms with Crippen LogP contribution in [-0.2, 0) is 0 Å². The van der Waals surface area contributed by atoms with Crippen LogP contribution in [0.1, 0.15) is 43.0 Å². The molecule has 5 nitrogen and oxygen atoms in total. The Labute approximate surface area is 124 Å². The van der Waals surface area contributed by atoms with E-state index in [0.29, 0.717) is 18.6 Å². The summed E-state index contributed by atoms with van der Waals surface area (Å²) in [5.74, 6) is -0.592. The van der Waals surface area contributed by atoms with Gasteiger partial charge in [-0.2, -0.15) is 0 Å². The predicted molar refractivity (Wildman–Crippen MR) is 79.4 cm³/mol. The van der Waals surface area contributed by atoms with Gasteiger partial charge in [0.15, 0.2) is 0 Å². The zero-order valence-electron chi connectivity index (χ0n) is 12.2. The predicted octanol–water partition coefficient (Wildman–Crippen LogP) is 1.84. The number of benzene rings is 1. The molecule has 2 fully saturated rings. The summed E-state index contributed by atoms with van der Waals surface area (Å²) in [6.45, 7) is 2.52. The van der Waals surface area contributed by atoms with Crippen molar-refractivity contribution in [1.29, 1.82) is 0 Å². The number of carbonyl (C=O) groups is 1. The number of nitrogens with zero attached hydrogens (tertiary/aromatic N) is 1. The molecular weight excluding hydrogens is 268 g/mol. The van der Waals surface area contributed by atoms with Crippen molar-refractivity contribution in [2.45, 2.75) is 50.7 Å². The zero-order valence-corrected chi connectivity index (χ0v) is 12.2. The molecule has 2 saturated heterocycles. The maximum absolute atomic E-state index is 12.7. The Hall–Kier alpha value is -1.75. The largest absolute Gasteiger partial charge is 0.507 e. The van der Waals surface area contributed by atoms with Gasteiger partial charge in [-0.25, -0.2) is 0 Å². The molecule has 2 atom stereocenters. The van der Waals surface area contributed by atoms with Crippen molar-refractivity contribution in [3.63, 3.8) is 0 Å². The van der Waals surface area contributed by atoms with Crippen molar-refractivity contribution >= 4 is 5.91 Å². The zero-order chi connectivity index (χ0) is 15.0. The van der Waals surface area contributed by atoms with Crippen LogP contribution in [0.4, 0.5) is 0 Å². The van der Waals surface area contributed by atoms with E-state index in [1.165, 1.54) is 31.0 Å². The molecule has 5 heteroatoms. The van der Waals surface area contributed by atoms with Crippen molar-refractivity contribution in [2.24, 2.45) is 0 Å². The molecule has 0 aliphatic carbocycles. The van der Waals surface area contributed by atoms with Crippen molar-refractivity contribution in [1.82, 2.24) is 10.2 Å². The molecule has 1 aromatic carbocycles. The summed E-state index contributed by atoms with van der Waals surface area (Å²) in [7, 11) is 0. The monoisotopic (exact) mass is 290 g/mol. The van der Waals surface area contributed by atoms with Gasteiger partial charge in [0.05, 0.1) is 0 Å². The number of piperidine rings is 1. The lowest BCUT2D eigenvalue weighted by Gasteiger charge is -2.37. The van der Waals surface area contributed by atoms with Crippen LogP contribution in [0, 0.1) is 0 Å². The number of aromatic hydroxyl groups is 2. The average Bonchev–Trinajstić information content (AvgIpc) is 2.78.